The molecule has 1 amide bonds. The number of nitrogens with one attached hydrogen (secondary N) is 1. The summed E-state index contributed by atoms with van der Waals surface area (Å²) in [6.07, 6.45) is 0. The van der Waals surface area contributed by atoms with Gasteiger partial charge in [0.05, 0.1) is 19.4 Å². The van der Waals surface area contributed by atoms with E-state index in [-0.39, 0.29) is 5.91 Å². The molecule has 0 saturated carbocycles. The van der Waals surface area contributed by atoms with Gasteiger partial charge in [-0.05, 0) is 66.9 Å². The number of oxazole rings is 1. The Bertz CT molecular complexity index is 1260. The van der Waals surface area contributed by atoms with Crippen LogP contribution in [0.1, 0.15) is 42.6 Å². The van der Waals surface area contributed by atoms with E-state index in [9.17, 15) is 4.79 Å². The molecule has 4 aromatic rings. The number of anilines is 1. The van der Waals surface area contributed by atoms with E-state index in [1.807, 2.05) is 31.2 Å². The van der Waals surface area contributed by atoms with Crippen LogP contribution in [0, 0.1) is 0 Å². The highest BCUT2D eigenvalue weighted by Crippen LogP contribution is 2.33. The Morgan fingerprint density at radius 3 is 2.69 bits per heavy atom. The molecule has 0 atom stereocenters. The van der Waals surface area contributed by atoms with Crippen molar-refractivity contribution in [1.82, 2.24) is 4.98 Å². The van der Waals surface area contributed by atoms with E-state index >= 15 is 0 Å². The monoisotopic (exact) mass is 430 g/mol. The van der Waals surface area contributed by atoms with Gasteiger partial charge in [0, 0.05) is 11.1 Å². The second-order valence-electron chi connectivity index (χ2n) is 7.73. The smallest absolute Gasteiger partial charge is 0.255 e. The number of carbonyl (C=O) groups is 1. The van der Waals surface area contributed by atoms with E-state index in [2.05, 4.69) is 30.2 Å². The van der Waals surface area contributed by atoms with E-state index in [1.54, 1.807) is 37.4 Å². The second-order valence-corrected chi connectivity index (χ2v) is 7.73. The molecule has 0 aliphatic carbocycles. The van der Waals surface area contributed by atoms with Gasteiger partial charge in [0.1, 0.15) is 17.0 Å². The van der Waals surface area contributed by atoms with Crippen molar-refractivity contribution in [1.29, 1.82) is 0 Å². The fourth-order valence-electron chi connectivity index (χ4n) is 3.45. The van der Waals surface area contributed by atoms with Gasteiger partial charge in [-0.15, -0.1) is 0 Å². The lowest BCUT2D eigenvalue weighted by molar-refractivity contribution is 0.102. The lowest BCUT2D eigenvalue weighted by Gasteiger charge is -2.12. The molecule has 0 fully saturated rings. The minimum atomic E-state index is -0.263. The summed E-state index contributed by atoms with van der Waals surface area (Å²) in [5, 5.41) is 2.93. The molecule has 1 heterocycles. The normalized spacial score (nSPS) is 11.0. The van der Waals surface area contributed by atoms with E-state index in [4.69, 9.17) is 13.9 Å². The van der Waals surface area contributed by atoms with Crippen molar-refractivity contribution in [2.24, 2.45) is 0 Å². The molecule has 0 bridgehead atoms. The van der Waals surface area contributed by atoms with E-state index in [0.29, 0.717) is 41.2 Å². The summed E-state index contributed by atoms with van der Waals surface area (Å²) in [5.41, 5.74) is 4.49. The summed E-state index contributed by atoms with van der Waals surface area (Å²) in [4.78, 5) is 17.5. The van der Waals surface area contributed by atoms with Crippen LogP contribution in [0.4, 0.5) is 5.69 Å². The third-order valence-corrected chi connectivity index (χ3v) is 5.18. The minimum Gasteiger partial charge on any atom is -0.495 e. The summed E-state index contributed by atoms with van der Waals surface area (Å²) in [5.74, 6) is 1.82. The lowest BCUT2D eigenvalue weighted by Crippen LogP contribution is -2.13. The number of aromatic nitrogens is 1. The van der Waals surface area contributed by atoms with Gasteiger partial charge in [0.25, 0.3) is 5.91 Å². The first-order valence-corrected chi connectivity index (χ1v) is 10.6. The predicted molar refractivity (Wildman–Crippen MR) is 126 cm³/mol. The van der Waals surface area contributed by atoms with Crippen molar-refractivity contribution in [3.05, 3.63) is 71.8 Å². The molecule has 0 saturated heterocycles. The largest absolute Gasteiger partial charge is 0.495 e. The summed E-state index contributed by atoms with van der Waals surface area (Å²) < 4.78 is 16.9. The van der Waals surface area contributed by atoms with Crippen molar-refractivity contribution >= 4 is 22.7 Å². The minimum absolute atomic E-state index is 0.263. The highest BCUT2D eigenvalue weighted by molar-refractivity contribution is 6.05. The first kappa shape index (κ1) is 21.4. The fraction of sp³-hybridized carbons (Fsp3) is 0.231. The summed E-state index contributed by atoms with van der Waals surface area (Å²) in [6, 6.07) is 18.5. The Morgan fingerprint density at radius 2 is 1.94 bits per heavy atom. The average Bonchev–Trinajstić information content (AvgIpc) is 3.23. The van der Waals surface area contributed by atoms with Crippen LogP contribution in [0.3, 0.4) is 0 Å². The maximum absolute atomic E-state index is 12.9. The van der Waals surface area contributed by atoms with Gasteiger partial charge < -0.3 is 19.2 Å². The molecule has 1 N–H and O–H groups in total. The first-order chi connectivity index (χ1) is 15.5. The molecule has 0 aliphatic heterocycles. The topological polar surface area (TPSA) is 73.6 Å². The SMILES string of the molecule is CCOc1cccc(C(=O)Nc2cc(-c3nc4cc(C(C)C)ccc4o3)ccc2OC)c1. The van der Waals surface area contributed by atoms with Crippen LogP contribution < -0.4 is 14.8 Å². The highest BCUT2D eigenvalue weighted by Gasteiger charge is 2.15. The van der Waals surface area contributed by atoms with Crippen LogP contribution in [-0.2, 0) is 0 Å². The van der Waals surface area contributed by atoms with E-state index < -0.39 is 0 Å². The molecular weight excluding hydrogens is 404 g/mol. The number of hydrogen-bond acceptors (Lipinski definition) is 5. The molecular formula is C26H26N2O4. The number of ether oxygens (including phenoxy) is 2. The molecule has 1 aromatic heterocycles. The molecule has 0 spiro atoms. The zero-order valence-corrected chi connectivity index (χ0v) is 18.6. The summed E-state index contributed by atoms with van der Waals surface area (Å²) in [6.45, 7) is 6.72. The first-order valence-electron chi connectivity index (χ1n) is 10.6. The van der Waals surface area contributed by atoms with Gasteiger partial charge in [0.2, 0.25) is 5.89 Å². The number of nitrogens with zero attached hydrogens (tertiary/aromatic N) is 1. The average molecular weight is 431 g/mol. The second kappa shape index (κ2) is 9.14. The van der Waals surface area contributed by atoms with Gasteiger partial charge in [-0.3, -0.25) is 4.79 Å². The number of benzene rings is 3. The van der Waals surface area contributed by atoms with Gasteiger partial charge in [-0.25, -0.2) is 4.98 Å². The number of carbonyl (C=O) groups excluding carboxylic acids is 1. The number of amides is 1. The molecule has 0 unspecified atom stereocenters. The Morgan fingerprint density at radius 1 is 1.09 bits per heavy atom. The van der Waals surface area contributed by atoms with Crippen LogP contribution >= 0.6 is 0 Å². The maximum Gasteiger partial charge on any atom is 0.255 e. The summed E-state index contributed by atoms with van der Waals surface area (Å²) >= 11 is 0. The van der Waals surface area contributed by atoms with E-state index in [0.717, 1.165) is 16.7 Å². The Labute approximate surface area is 187 Å². The van der Waals surface area contributed by atoms with Crippen molar-refractivity contribution in [2.45, 2.75) is 26.7 Å². The van der Waals surface area contributed by atoms with E-state index in [1.165, 1.54) is 5.56 Å². The molecule has 0 aliphatic rings. The van der Waals surface area contributed by atoms with Crippen molar-refractivity contribution < 1.29 is 18.7 Å². The number of hydrogen-bond donors (Lipinski definition) is 1. The third kappa shape index (κ3) is 4.44. The molecule has 0 radical (unpaired) electrons. The van der Waals surface area contributed by atoms with Gasteiger partial charge in [-0.2, -0.15) is 0 Å². The molecule has 6 heteroatoms. The molecule has 32 heavy (non-hydrogen) atoms. The maximum atomic E-state index is 12.9. The molecule has 164 valence electrons. The fourth-order valence-corrected chi connectivity index (χ4v) is 3.45. The Kier molecular flexibility index (Phi) is 6.12. The van der Waals surface area contributed by atoms with Crippen molar-refractivity contribution in [2.75, 3.05) is 19.0 Å². The number of rotatable bonds is 7. The molecule has 6 nitrogen and oxygen atoms in total. The van der Waals surface area contributed by atoms with Crippen LogP contribution in [0.5, 0.6) is 11.5 Å². The standard InChI is InChI=1S/C26H26N2O4/c1-5-31-20-8-6-7-18(13-20)25(29)27-21-15-19(10-11-23(21)30-4)26-28-22-14-17(16(2)3)9-12-24(22)32-26/h6-16H,5H2,1-4H3,(H,27,29). The van der Waals surface area contributed by atoms with Gasteiger partial charge in [-0.1, -0.05) is 26.0 Å². The predicted octanol–water partition coefficient (Wildman–Crippen LogP) is 6.28. The van der Waals surface area contributed by atoms with Crippen LogP contribution in [0.25, 0.3) is 22.6 Å². The lowest BCUT2D eigenvalue weighted by atomic mass is 10.0. The van der Waals surface area contributed by atoms with Crippen LogP contribution in [-0.4, -0.2) is 24.6 Å². The summed E-state index contributed by atoms with van der Waals surface area (Å²) in [7, 11) is 1.56. The molecule has 4 rings (SSSR count). The zero-order valence-electron chi connectivity index (χ0n) is 18.6. The van der Waals surface area contributed by atoms with Gasteiger partial charge >= 0.3 is 0 Å². The third-order valence-electron chi connectivity index (χ3n) is 5.18. The Balaban J connectivity index is 1.65. The van der Waals surface area contributed by atoms with Crippen molar-refractivity contribution in [3.63, 3.8) is 0 Å². The number of methoxy groups -OCH3 is 1. The Hall–Kier alpha value is -3.80. The highest BCUT2D eigenvalue weighted by atomic mass is 16.5. The van der Waals surface area contributed by atoms with Crippen LogP contribution in [0.2, 0.25) is 0 Å². The number of fused-ring (bicyclic) bond motifs is 1. The van der Waals surface area contributed by atoms with Crippen molar-refractivity contribution in [3.8, 4) is 23.0 Å². The van der Waals surface area contributed by atoms with Crippen LogP contribution in [0.15, 0.2) is 65.1 Å². The zero-order chi connectivity index (χ0) is 22.7. The van der Waals surface area contributed by atoms with Gasteiger partial charge in [0.15, 0.2) is 5.58 Å². The molecule has 3 aromatic carbocycles. The quantitative estimate of drug-likeness (QED) is 0.374.